The zero-order chi connectivity index (χ0) is 23.1. The molecule has 3 aromatic rings. The molecule has 0 saturated heterocycles. The van der Waals surface area contributed by atoms with Gasteiger partial charge in [-0.25, -0.2) is 4.98 Å². The van der Waals surface area contributed by atoms with Gasteiger partial charge in [0.05, 0.1) is 19.4 Å². The summed E-state index contributed by atoms with van der Waals surface area (Å²) in [6.45, 7) is 3.80. The average Bonchev–Trinajstić information content (AvgIpc) is 2.79. The second kappa shape index (κ2) is 10.3. The fourth-order valence-corrected chi connectivity index (χ4v) is 3.87. The van der Waals surface area contributed by atoms with Crippen LogP contribution in [0.25, 0.3) is 0 Å². The third kappa shape index (κ3) is 5.49. The predicted octanol–water partition coefficient (Wildman–Crippen LogP) is 4.18. The highest BCUT2D eigenvalue weighted by molar-refractivity contribution is 7.92. The third-order valence-corrected chi connectivity index (χ3v) is 5.84. The quantitative estimate of drug-likeness (QED) is 0.469. The van der Waals surface area contributed by atoms with Gasteiger partial charge in [0.2, 0.25) is 0 Å². The van der Waals surface area contributed by atoms with Crippen molar-refractivity contribution in [1.82, 2.24) is 4.98 Å². The van der Waals surface area contributed by atoms with Crippen LogP contribution in [0.15, 0.2) is 65.8 Å². The molecule has 0 aliphatic rings. The molecule has 3 rings (SSSR count). The van der Waals surface area contributed by atoms with Gasteiger partial charge in [0.25, 0.3) is 10.0 Å². The van der Waals surface area contributed by atoms with Crippen LogP contribution in [0.1, 0.15) is 25.3 Å². The smallest absolute Gasteiger partial charge is 0.279 e. The number of pyridine rings is 1. The van der Waals surface area contributed by atoms with E-state index in [9.17, 15) is 8.42 Å². The first-order chi connectivity index (χ1) is 15.4. The summed E-state index contributed by atoms with van der Waals surface area (Å²) in [6.07, 6.45) is 1.55. The molecule has 0 spiro atoms. The molecule has 2 N–H and O–H groups in total. The van der Waals surface area contributed by atoms with E-state index in [1.165, 1.54) is 13.2 Å². The summed E-state index contributed by atoms with van der Waals surface area (Å²) >= 11 is 0. The van der Waals surface area contributed by atoms with Gasteiger partial charge < -0.3 is 19.3 Å². The molecule has 0 unspecified atom stereocenters. The summed E-state index contributed by atoms with van der Waals surface area (Å²) in [5.74, 6) is 1.45. The minimum absolute atomic E-state index is 0.0106. The number of hydrogen-bond acceptors (Lipinski definition) is 7. The Morgan fingerprint density at radius 3 is 2.34 bits per heavy atom. The summed E-state index contributed by atoms with van der Waals surface area (Å²) in [5, 5.41) is 9.03. The Hall–Kier alpha value is -3.30. The Balaban J connectivity index is 1.99. The molecular formula is C23H26N2O6S. The van der Waals surface area contributed by atoms with Crippen molar-refractivity contribution in [2.75, 3.05) is 25.0 Å². The largest absolute Gasteiger partial charge is 0.493 e. The van der Waals surface area contributed by atoms with Gasteiger partial charge in [0.1, 0.15) is 6.61 Å². The molecular weight excluding hydrogens is 432 g/mol. The molecule has 0 saturated carbocycles. The lowest BCUT2D eigenvalue weighted by molar-refractivity contribution is 0.197. The first kappa shape index (κ1) is 23.4. The number of ether oxygens (including phenoxy) is 3. The zero-order valence-corrected chi connectivity index (χ0v) is 18.9. The van der Waals surface area contributed by atoms with Crippen LogP contribution in [0.3, 0.4) is 0 Å². The lowest BCUT2D eigenvalue weighted by Gasteiger charge is -2.18. The maximum atomic E-state index is 13.0. The second-order valence-electron chi connectivity index (χ2n) is 7.15. The van der Waals surface area contributed by atoms with Crippen LogP contribution in [0.5, 0.6) is 23.0 Å². The number of anilines is 1. The van der Waals surface area contributed by atoms with E-state index in [2.05, 4.69) is 9.71 Å². The van der Waals surface area contributed by atoms with Crippen LogP contribution in [0.2, 0.25) is 0 Å². The number of hydrogen-bond donors (Lipinski definition) is 2. The molecule has 170 valence electrons. The maximum absolute atomic E-state index is 13.0. The number of benzene rings is 2. The number of nitrogens with zero attached hydrogens (tertiary/aromatic N) is 1. The van der Waals surface area contributed by atoms with E-state index < -0.39 is 10.0 Å². The Kier molecular flexibility index (Phi) is 7.55. The van der Waals surface area contributed by atoms with E-state index >= 15 is 0 Å². The van der Waals surface area contributed by atoms with Crippen LogP contribution < -0.4 is 18.9 Å². The lowest BCUT2D eigenvalue weighted by atomic mass is 10.1. The Morgan fingerprint density at radius 1 is 1.00 bits per heavy atom. The minimum atomic E-state index is -4.00. The van der Waals surface area contributed by atoms with Crippen molar-refractivity contribution in [3.8, 4) is 23.0 Å². The van der Waals surface area contributed by atoms with Crippen molar-refractivity contribution in [2.24, 2.45) is 0 Å². The molecule has 1 aromatic heterocycles. The fourth-order valence-electron chi connectivity index (χ4n) is 2.87. The fraction of sp³-hybridized carbons (Fsp3) is 0.261. The van der Waals surface area contributed by atoms with Crippen LogP contribution >= 0.6 is 0 Å². The molecule has 0 radical (unpaired) electrons. The average molecular weight is 459 g/mol. The van der Waals surface area contributed by atoms with E-state index in [4.69, 9.17) is 19.3 Å². The van der Waals surface area contributed by atoms with Crippen molar-refractivity contribution in [2.45, 2.75) is 24.8 Å². The Morgan fingerprint density at radius 2 is 1.72 bits per heavy atom. The van der Waals surface area contributed by atoms with Crippen molar-refractivity contribution < 1.29 is 27.7 Å². The van der Waals surface area contributed by atoms with Crippen molar-refractivity contribution in [3.63, 3.8) is 0 Å². The Labute approximate surface area is 187 Å². The second-order valence-corrected chi connectivity index (χ2v) is 8.78. The van der Waals surface area contributed by atoms with Gasteiger partial charge in [-0.05, 0) is 41.8 Å². The predicted molar refractivity (Wildman–Crippen MR) is 121 cm³/mol. The van der Waals surface area contributed by atoms with Crippen LogP contribution in [-0.2, 0) is 10.0 Å². The highest BCUT2D eigenvalue weighted by Gasteiger charge is 2.22. The van der Waals surface area contributed by atoms with Crippen LogP contribution in [-0.4, -0.2) is 38.8 Å². The van der Waals surface area contributed by atoms with E-state index in [0.29, 0.717) is 11.5 Å². The third-order valence-electron chi connectivity index (χ3n) is 4.55. The van der Waals surface area contributed by atoms with Crippen LogP contribution in [0.4, 0.5) is 5.69 Å². The molecule has 9 heteroatoms. The number of sulfonamides is 1. The SMILES string of the molecule is COc1ccccc1Oc1c(NS(=O)(=O)c2ccc(C(C)C)cn2)cccc1OCCO. The molecule has 0 atom stereocenters. The van der Waals surface area contributed by atoms with Gasteiger partial charge in [0, 0.05) is 6.20 Å². The van der Waals surface area contributed by atoms with Gasteiger partial charge in [0.15, 0.2) is 28.0 Å². The molecule has 0 amide bonds. The van der Waals surface area contributed by atoms with Gasteiger partial charge in [-0.15, -0.1) is 0 Å². The molecule has 0 aliphatic carbocycles. The van der Waals surface area contributed by atoms with Gasteiger partial charge in [-0.2, -0.15) is 8.42 Å². The molecule has 1 heterocycles. The van der Waals surface area contributed by atoms with Gasteiger partial charge in [-0.3, -0.25) is 4.72 Å². The van der Waals surface area contributed by atoms with E-state index in [-0.39, 0.29) is 41.3 Å². The summed E-state index contributed by atoms with van der Waals surface area (Å²) in [5.41, 5.74) is 1.09. The lowest BCUT2D eigenvalue weighted by Crippen LogP contribution is -2.15. The molecule has 2 aromatic carbocycles. The molecule has 0 fully saturated rings. The number of methoxy groups -OCH3 is 1. The van der Waals surface area contributed by atoms with Crippen LogP contribution in [0, 0.1) is 0 Å². The number of aliphatic hydroxyl groups excluding tert-OH is 1. The molecule has 8 nitrogen and oxygen atoms in total. The summed E-state index contributed by atoms with van der Waals surface area (Å²) in [6, 6.07) is 14.9. The molecule has 32 heavy (non-hydrogen) atoms. The summed E-state index contributed by atoms with van der Waals surface area (Å²) < 4.78 is 45.4. The van der Waals surface area contributed by atoms with Crippen molar-refractivity contribution in [3.05, 3.63) is 66.4 Å². The number of rotatable bonds is 10. The highest BCUT2D eigenvalue weighted by Crippen LogP contribution is 2.42. The zero-order valence-electron chi connectivity index (χ0n) is 18.1. The number of nitrogens with one attached hydrogen (secondary N) is 1. The van der Waals surface area contributed by atoms with Gasteiger partial charge >= 0.3 is 0 Å². The number of aliphatic hydroxyl groups is 1. The topological polar surface area (TPSA) is 107 Å². The standard InChI is InChI=1S/C23H26N2O6S/c1-16(2)17-11-12-22(24-15-17)32(27,28)25-18-7-6-10-21(30-14-13-26)23(18)31-20-9-5-4-8-19(20)29-3/h4-12,15-16,25-26H,13-14H2,1-3H3. The first-order valence-electron chi connectivity index (χ1n) is 10.0. The normalized spacial score (nSPS) is 11.3. The van der Waals surface area contributed by atoms with Crippen molar-refractivity contribution >= 4 is 15.7 Å². The Bertz CT molecular complexity index is 1150. The monoisotopic (exact) mass is 458 g/mol. The summed E-state index contributed by atoms with van der Waals surface area (Å²) in [7, 11) is -2.49. The molecule has 0 aliphatic heterocycles. The van der Waals surface area contributed by atoms with E-state index in [1.807, 2.05) is 13.8 Å². The van der Waals surface area contributed by atoms with E-state index in [0.717, 1.165) is 5.56 Å². The minimum Gasteiger partial charge on any atom is -0.493 e. The molecule has 0 bridgehead atoms. The van der Waals surface area contributed by atoms with Crippen molar-refractivity contribution in [1.29, 1.82) is 0 Å². The van der Waals surface area contributed by atoms with E-state index in [1.54, 1.807) is 54.7 Å². The number of para-hydroxylation sites is 3. The summed E-state index contributed by atoms with van der Waals surface area (Å²) in [4.78, 5) is 4.11. The highest BCUT2D eigenvalue weighted by atomic mass is 32.2. The number of aromatic nitrogens is 1. The maximum Gasteiger partial charge on any atom is 0.279 e. The first-order valence-corrected chi connectivity index (χ1v) is 11.5. The van der Waals surface area contributed by atoms with Gasteiger partial charge in [-0.1, -0.05) is 38.1 Å².